The van der Waals surface area contributed by atoms with Gasteiger partial charge in [-0.3, -0.25) is 9.69 Å². The Morgan fingerprint density at radius 3 is 2.70 bits per heavy atom. The van der Waals surface area contributed by atoms with Crippen LogP contribution in [0.3, 0.4) is 0 Å². The minimum Gasteiger partial charge on any atom is -0.493 e. The molecule has 2 fully saturated rings. The van der Waals surface area contributed by atoms with Crippen LogP contribution in [0.1, 0.15) is 12.0 Å². The SMILES string of the molecule is COc1ccc(CC(=O)N2CCCSCC2CN2CCOCC2)cc1OC. The molecule has 0 aliphatic carbocycles. The van der Waals surface area contributed by atoms with Crippen LogP contribution in [0, 0.1) is 0 Å². The number of benzene rings is 1. The average Bonchev–Trinajstić information content (AvgIpc) is 2.94. The Balaban J connectivity index is 1.67. The molecule has 0 spiro atoms. The van der Waals surface area contributed by atoms with Crippen molar-refractivity contribution in [3.8, 4) is 11.5 Å². The molecule has 0 N–H and O–H groups in total. The largest absolute Gasteiger partial charge is 0.493 e. The van der Waals surface area contributed by atoms with Gasteiger partial charge in [-0.15, -0.1) is 0 Å². The molecule has 2 saturated heterocycles. The fourth-order valence-electron chi connectivity index (χ4n) is 3.66. The normalized spacial score (nSPS) is 21.6. The molecule has 2 heterocycles. The van der Waals surface area contributed by atoms with Crippen LogP contribution < -0.4 is 9.47 Å². The van der Waals surface area contributed by atoms with Crippen LogP contribution in [0.25, 0.3) is 0 Å². The number of amides is 1. The molecule has 7 heteroatoms. The van der Waals surface area contributed by atoms with Gasteiger partial charge in [0.2, 0.25) is 5.91 Å². The number of hydrogen-bond donors (Lipinski definition) is 0. The van der Waals surface area contributed by atoms with Crippen molar-refractivity contribution in [3.63, 3.8) is 0 Å². The van der Waals surface area contributed by atoms with E-state index in [1.807, 2.05) is 30.0 Å². The molecule has 1 atom stereocenters. The molecule has 27 heavy (non-hydrogen) atoms. The van der Waals surface area contributed by atoms with Crippen molar-refractivity contribution in [3.05, 3.63) is 23.8 Å². The lowest BCUT2D eigenvalue weighted by Crippen LogP contribution is -2.50. The highest BCUT2D eigenvalue weighted by Gasteiger charge is 2.28. The predicted octanol–water partition coefficient (Wildman–Crippen LogP) is 1.91. The van der Waals surface area contributed by atoms with Gasteiger partial charge in [0.25, 0.3) is 0 Å². The van der Waals surface area contributed by atoms with Gasteiger partial charge in [0.05, 0.1) is 39.9 Å². The molecular weight excluding hydrogens is 364 g/mol. The van der Waals surface area contributed by atoms with E-state index >= 15 is 0 Å². The van der Waals surface area contributed by atoms with Crippen LogP contribution in [-0.4, -0.2) is 86.9 Å². The molecule has 2 aliphatic rings. The van der Waals surface area contributed by atoms with Gasteiger partial charge in [-0.25, -0.2) is 0 Å². The molecular formula is C20H30N2O4S. The Bertz CT molecular complexity index is 622. The third-order valence-corrected chi connectivity index (χ3v) is 6.33. The number of carbonyl (C=O) groups is 1. The zero-order valence-corrected chi connectivity index (χ0v) is 17.1. The Hall–Kier alpha value is -1.44. The van der Waals surface area contributed by atoms with E-state index in [1.54, 1.807) is 14.2 Å². The van der Waals surface area contributed by atoms with Gasteiger partial charge in [0.15, 0.2) is 11.5 Å². The second kappa shape index (κ2) is 10.2. The molecule has 150 valence electrons. The van der Waals surface area contributed by atoms with Gasteiger partial charge in [0, 0.05) is 31.9 Å². The van der Waals surface area contributed by atoms with E-state index in [4.69, 9.17) is 14.2 Å². The molecule has 0 saturated carbocycles. The smallest absolute Gasteiger partial charge is 0.227 e. The molecule has 1 aromatic carbocycles. The van der Waals surface area contributed by atoms with Crippen molar-refractivity contribution in [1.29, 1.82) is 0 Å². The lowest BCUT2D eigenvalue weighted by molar-refractivity contribution is -0.132. The third kappa shape index (κ3) is 5.53. The molecule has 1 unspecified atom stereocenters. The maximum absolute atomic E-state index is 13.1. The van der Waals surface area contributed by atoms with Gasteiger partial charge in [-0.05, 0) is 29.9 Å². The summed E-state index contributed by atoms with van der Waals surface area (Å²) in [5, 5.41) is 0. The Labute approximate surface area is 166 Å². The topological polar surface area (TPSA) is 51.2 Å². The van der Waals surface area contributed by atoms with Crippen LogP contribution in [0.5, 0.6) is 11.5 Å². The Morgan fingerprint density at radius 1 is 1.19 bits per heavy atom. The number of thioether (sulfide) groups is 1. The first kappa shape index (κ1) is 20.3. The molecule has 2 aliphatic heterocycles. The summed E-state index contributed by atoms with van der Waals surface area (Å²) >= 11 is 1.96. The fraction of sp³-hybridized carbons (Fsp3) is 0.650. The van der Waals surface area contributed by atoms with Crippen molar-refractivity contribution in [2.75, 3.05) is 65.1 Å². The van der Waals surface area contributed by atoms with Crippen molar-refractivity contribution in [2.24, 2.45) is 0 Å². The zero-order valence-electron chi connectivity index (χ0n) is 16.3. The number of morpholine rings is 1. The second-order valence-electron chi connectivity index (χ2n) is 6.95. The van der Waals surface area contributed by atoms with E-state index in [1.165, 1.54) is 0 Å². The summed E-state index contributed by atoms with van der Waals surface area (Å²) in [6, 6.07) is 5.98. The quantitative estimate of drug-likeness (QED) is 0.735. The number of carbonyl (C=O) groups excluding carboxylic acids is 1. The van der Waals surface area contributed by atoms with E-state index < -0.39 is 0 Å². The summed E-state index contributed by atoms with van der Waals surface area (Å²) in [5.41, 5.74) is 0.958. The molecule has 1 aromatic rings. The van der Waals surface area contributed by atoms with Crippen LogP contribution in [0.2, 0.25) is 0 Å². The average molecular weight is 395 g/mol. The summed E-state index contributed by atoms with van der Waals surface area (Å²) in [6.45, 7) is 5.28. The van der Waals surface area contributed by atoms with Crippen molar-refractivity contribution in [1.82, 2.24) is 9.80 Å². The second-order valence-corrected chi connectivity index (χ2v) is 8.10. The highest BCUT2D eigenvalue weighted by molar-refractivity contribution is 7.99. The number of ether oxygens (including phenoxy) is 3. The highest BCUT2D eigenvalue weighted by atomic mass is 32.2. The number of hydrogen-bond acceptors (Lipinski definition) is 6. The van der Waals surface area contributed by atoms with Crippen molar-refractivity contribution < 1.29 is 19.0 Å². The molecule has 0 aromatic heterocycles. The first-order chi connectivity index (χ1) is 13.2. The number of methoxy groups -OCH3 is 2. The molecule has 0 bridgehead atoms. The monoisotopic (exact) mass is 394 g/mol. The third-order valence-electron chi connectivity index (χ3n) is 5.14. The standard InChI is InChI=1S/C20H30N2O4S/c1-24-18-5-4-16(12-19(18)25-2)13-20(23)22-6-3-11-27-15-17(22)14-21-7-9-26-10-8-21/h4-5,12,17H,3,6-11,13-15H2,1-2H3. The lowest BCUT2D eigenvalue weighted by atomic mass is 10.1. The molecule has 6 nitrogen and oxygen atoms in total. The number of nitrogens with zero attached hydrogens (tertiary/aromatic N) is 2. The van der Waals surface area contributed by atoms with E-state index in [2.05, 4.69) is 9.80 Å². The van der Waals surface area contributed by atoms with Gasteiger partial charge in [0.1, 0.15) is 0 Å². The van der Waals surface area contributed by atoms with Gasteiger partial charge in [-0.1, -0.05) is 6.07 Å². The van der Waals surface area contributed by atoms with E-state index in [0.29, 0.717) is 17.9 Å². The first-order valence-electron chi connectivity index (χ1n) is 9.59. The van der Waals surface area contributed by atoms with E-state index in [0.717, 1.165) is 62.9 Å². The maximum Gasteiger partial charge on any atom is 0.227 e. The van der Waals surface area contributed by atoms with Gasteiger partial charge >= 0.3 is 0 Å². The summed E-state index contributed by atoms with van der Waals surface area (Å²) in [5.74, 6) is 3.68. The summed E-state index contributed by atoms with van der Waals surface area (Å²) in [7, 11) is 3.24. The number of rotatable bonds is 6. The fourth-order valence-corrected chi connectivity index (χ4v) is 4.71. The van der Waals surface area contributed by atoms with Crippen LogP contribution in [0.15, 0.2) is 18.2 Å². The Morgan fingerprint density at radius 2 is 1.96 bits per heavy atom. The lowest BCUT2D eigenvalue weighted by Gasteiger charge is -2.35. The van der Waals surface area contributed by atoms with Crippen LogP contribution in [0.4, 0.5) is 0 Å². The maximum atomic E-state index is 13.1. The summed E-state index contributed by atoms with van der Waals surface area (Å²) in [6.07, 6.45) is 1.45. The zero-order chi connectivity index (χ0) is 19.1. The molecule has 3 rings (SSSR count). The van der Waals surface area contributed by atoms with Gasteiger partial charge in [-0.2, -0.15) is 11.8 Å². The van der Waals surface area contributed by atoms with E-state index in [-0.39, 0.29) is 11.9 Å². The predicted molar refractivity (Wildman–Crippen MR) is 108 cm³/mol. The summed E-state index contributed by atoms with van der Waals surface area (Å²) < 4.78 is 16.1. The minimum absolute atomic E-state index is 0.197. The first-order valence-corrected chi connectivity index (χ1v) is 10.7. The summed E-state index contributed by atoms with van der Waals surface area (Å²) in [4.78, 5) is 17.7. The molecule has 0 radical (unpaired) electrons. The Kier molecular flexibility index (Phi) is 7.67. The van der Waals surface area contributed by atoms with Crippen molar-refractivity contribution in [2.45, 2.75) is 18.9 Å². The van der Waals surface area contributed by atoms with Crippen molar-refractivity contribution >= 4 is 17.7 Å². The van der Waals surface area contributed by atoms with Crippen LogP contribution in [-0.2, 0) is 16.0 Å². The van der Waals surface area contributed by atoms with E-state index in [9.17, 15) is 4.79 Å². The molecule has 1 amide bonds. The van der Waals surface area contributed by atoms with Crippen LogP contribution >= 0.6 is 11.8 Å². The highest BCUT2D eigenvalue weighted by Crippen LogP contribution is 2.28. The van der Waals surface area contributed by atoms with Gasteiger partial charge < -0.3 is 19.1 Å². The minimum atomic E-state index is 0.197.